The van der Waals surface area contributed by atoms with Gasteiger partial charge in [0, 0.05) is 107 Å². The molecule has 6 heterocycles. The molecule has 3 aliphatic heterocycles. The number of para-hydroxylation sites is 1. The molecule has 21 nitrogen and oxygen atoms in total. The lowest BCUT2D eigenvalue weighted by Gasteiger charge is -2.43. The highest BCUT2D eigenvalue weighted by Gasteiger charge is 2.44. The first-order valence-corrected chi connectivity index (χ1v) is 32.7. The van der Waals surface area contributed by atoms with Crippen LogP contribution in [-0.4, -0.2) is 164 Å². The number of β-amino-alcohol motifs (C(OH)–C–C–N with tert-alkyl or cyclic N) is 1. The summed E-state index contributed by atoms with van der Waals surface area (Å²) in [5, 5.41) is 32.7. The topological polar surface area (TPSA) is 245 Å². The number of aromatic nitrogens is 6. The summed E-state index contributed by atoms with van der Waals surface area (Å²) < 4.78 is 20.5. The monoisotopic (exact) mass is 1200 g/mol. The number of ether oxygens (including phenoxy) is 1. The molecule has 1 unspecified atom stereocenters. The maximum atomic E-state index is 14.1. The van der Waals surface area contributed by atoms with Gasteiger partial charge in [-0.2, -0.15) is 4.98 Å². The van der Waals surface area contributed by atoms with Crippen LogP contribution in [0.2, 0.25) is 5.02 Å². The quantitative estimate of drug-likeness (QED) is 0.0410. The zero-order valence-electron chi connectivity index (χ0n) is 49.0. The van der Waals surface area contributed by atoms with Gasteiger partial charge in [0.05, 0.1) is 52.6 Å². The van der Waals surface area contributed by atoms with Crippen molar-refractivity contribution in [1.29, 1.82) is 0 Å². The van der Waals surface area contributed by atoms with Crippen LogP contribution in [0.15, 0.2) is 84.6 Å². The summed E-state index contributed by atoms with van der Waals surface area (Å²) in [6, 6.07) is 20.0. The van der Waals surface area contributed by atoms with Crippen LogP contribution in [0, 0.1) is 12.3 Å². The third-order valence-corrected chi connectivity index (χ3v) is 18.6. The largest absolute Gasteiger partial charge is 0.494 e. The summed E-state index contributed by atoms with van der Waals surface area (Å²) in [4.78, 5) is 77.2. The van der Waals surface area contributed by atoms with E-state index < -0.39 is 36.7 Å². The van der Waals surface area contributed by atoms with Crippen LogP contribution < -0.4 is 36.2 Å². The van der Waals surface area contributed by atoms with Crippen molar-refractivity contribution in [3.63, 3.8) is 0 Å². The van der Waals surface area contributed by atoms with Crippen molar-refractivity contribution in [2.24, 2.45) is 5.41 Å². The second kappa shape index (κ2) is 27.4. The highest BCUT2D eigenvalue weighted by Crippen LogP contribution is 2.39. The van der Waals surface area contributed by atoms with Crippen molar-refractivity contribution in [3.05, 3.63) is 107 Å². The molecule has 3 fully saturated rings. The van der Waals surface area contributed by atoms with E-state index in [2.05, 4.69) is 62.4 Å². The van der Waals surface area contributed by atoms with Gasteiger partial charge in [-0.05, 0) is 93.2 Å². The summed E-state index contributed by atoms with van der Waals surface area (Å²) in [6.45, 7) is 16.6. The Hall–Kier alpha value is -6.97. The van der Waals surface area contributed by atoms with Gasteiger partial charge in [0.1, 0.15) is 30.0 Å². The van der Waals surface area contributed by atoms with E-state index >= 15 is 0 Å². The number of benzene rings is 3. The lowest BCUT2D eigenvalue weighted by Crippen LogP contribution is -2.57. The standard InChI is InChI=1S/C60H78ClN14O7PS/c1-39-54(84-38-64-39)41-19-17-40(18-20-41)34-62-57(79)49-33-45(76)37-75(49)58(80)55(60(2,3)4)67-52(77)15-11-25-74-36-42(69-70-74)12-10-16-53(78)73-30-28-72(29-31-73)43-23-26-71(27-24-43)44-21-22-47(50(32-44)82-5)66-59-63-35-46(61)56(68-59)65-48-13-8-9-14-51(48)83(6,7)81/h8-9,13-14,17-22,32,35-36,38,43,45,49,55,76H,10-12,15-16,23-31,33-34,37H2,1-7H3,(H,62,79)(H,67,77)(H2,63,65,66,68)/t45-,49+,55?/m1/s1. The Balaban J connectivity index is 0.664. The number of anilines is 5. The van der Waals surface area contributed by atoms with Gasteiger partial charge < -0.3 is 50.4 Å². The number of carbonyl (C=O) groups is 4. The highest BCUT2D eigenvalue weighted by atomic mass is 35.5. The lowest BCUT2D eigenvalue weighted by molar-refractivity contribution is -0.144. The molecule has 3 atom stereocenters. The smallest absolute Gasteiger partial charge is 0.246 e. The van der Waals surface area contributed by atoms with Crippen molar-refractivity contribution in [2.75, 3.05) is 81.8 Å². The van der Waals surface area contributed by atoms with Crippen molar-refractivity contribution >= 4 is 87.8 Å². The van der Waals surface area contributed by atoms with Crippen LogP contribution in [-0.2, 0) is 43.3 Å². The molecule has 3 aromatic heterocycles. The molecule has 4 amide bonds. The van der Waals surface area contributed by atoms with Crippen LogP contribution in [0.5, 0.6) is 5.75 Å². The van der Waals surface area contributed by atoms with E-state index in [1.165, 1.54) is 11.1 Å². The first-order chi connectivity index (χ1) is 40.2. The normalized spacial score (nSPS) is 17.5. The van der Waals surface area contributed by atoms with Gasteiger partial charge >= 0.3 is 0 Å². The molecule has 3 saturated heterocycles. The molecule has 0 bridgehead atoms. The highest BCUT2D eigenvalue weighted by molar-refractivity contribution is 7.70. The summed E-state index contributed by atoms with van der Waals surface area (Å²) >= 11 is 8.08. The molecule has 0 saturated carbocycles. The zero-order valence-corrected chi connectivity index (χ0v) is 51.5. The average molecular weight is 1210 g/mol. The number of piperazine rings is 1. The molecular formula is C60H78ClN14O7PS. The minimum absolute atomic E-state index is 0.00509. The van der Waals surface area contributed by atoms with E-state index in [4.69, 9.17) is 16.3 Å². The molecule has 5 N–H and O–H groups in total. The number of halogens is 1. The summed E-state index contributed by atoms with van der Waals surface area (Å²) in [5.74, 6) is 0.430. The molecule has 448 valence electrons. The molecule has 84 heavy (non-hydrogen) atoms. The number of hydrogen-bond acceptors (Lipinski definition) is 17. The Kier molecular flexibility index (Phi) is 20.1. The molecule has 0 spiro atoms. The SMILES string of the molecule is COc1cc(N2CCC(N3CCN(C(=O)CCCc4cn(CCCC(=O)NC(C(=O)N5C[C@H](O)C[C@H]5C(=O)NCc5ccc(-c6scnc6C)cc5)C(C)(C)C)nn4)CC3)CC2)ccc1Nc1ncc(Cl)c(Nc2ccccc2P(C)(C)=O)n1. The number of likely N-dealkylation sites (tertiary alicyclic amines) is 1. The maximum absolute atomic E-state index is 14.1. The molecule has 6 aromatic rings. The summed E-state index contributed by atoms with van der Waals surface area (Å²) in [5.41, 5.74) is 7.26. The van der Waals surface area contributed by atoms with Gasteiger partial charge in [-0.15, -0.1) is 16.4 Å². The first kappa shape index (κ1) is 61.6. The Morgan fingerprint density at radius 2 is 1.67 bits per heavy atom. The predicted molar refractivity (Wildman–Crippen MR) is 329 cm³/mol. The van der Waals surface area contributed by atoms with Crippen LogP contribution in [0.25, 0.3) is 10.4 Å². The van der Waals surface area contributed by atoms with Crippen molar-refractivity contribution in [2.45, 2.75) is 116 Å². The Morgan fingerprint density at radius 1 is 0.917 bits per heavy atom. The third kappa shape index (κ3) is 15.7. The minimum atomic E-state index is -2.57. The summed E-state index contributed by atoms with van der Waals surface area (Å²) in [6.07, 6.45) is 6.89. The van der Waals surface area contributed by atoms with Crippen molar-refractivity contribution in [1.82, 2.24) is 55.3 Å². The average Bonchev–Trinajstić information content (AvgIpc) is 3.02. The van der Waals surface area contributed by atoms with E-state index in [0.29, 0.717) is 90.6 Å². The fraction of sp³-hybridized carbons (Fsp3) is 0.483. The van der Waals surface area contributed by atoms with E-state index in [1.807, 2.05) is 105 Å². The number of thiazole rings is 1. The fourth-order valence-corrected chi connectivity index (χ4v) is 13.3. The Morgan fingerprint density at radius 3 is 2.37 bits per heavy atom. The number of nitrogens with one attached hydrogen (secondary N) is 4. The number of piperidine rings is 1. The van der Waals surface area contributed by atoms with Crippen molar-refractivity contribution in [3.8, 4) is 16.2 Å². The maximum Gasteiger partial charge on any atom is 0.246 e. The molecule has 3 aromatic carbocycles. The minimum Gasteiger partial charge on any atom is -0.494 e. The van der Waals surface area contributed by atoms with Crippen LogP contribution in [0.1, 0.15) is 82.7 Å². The number of aryl methyl sites for hydroxylation is 3. The summed E-state index contributed by atoms with van der Waals surface area (Å²) in [7, 11) is -0.935. The second-order valence-corrected chi connectivity index (χ2v) is 27.8. The zero-order chi connectivity index (χ0) is 59.7. The number of methoxy groups -OCH3 is 1. The molecule has 0 radical (unpaired) electrons. The Bertz CT molecular complexity index is 3320. The number of carbonyl (C=O) groups excluding carboxylic acids is 4. The molecular weight excluding hydrogens is 1130 g/mol. The van der Waals surface area contributed by atoms with E-state index in [0.717, 1.165) is 72.1 Å². The molecule has 3 aliphatic rings. The third-order valence-electron chi connectivity index (χ3n) is 15.8. The predicted octanol–water partition coefficient (Wildman–Crippen LogP) is 7.62. The second-order valence-electron chi connectivity index (χ2n) is 23.4. The molecule has 0 aliphatic carbocycles. The number of amides is 4. The van der Waals surface area contributed by atoms with Gasteiger partial charge in [-0.25, -0.2) is 9.97 Å². The lowest BCUT2D eigenvalue weighted by atomic mass is 9.85. The first-order valence-electron chi connectivity index (χ1n) is 28.8. The van der Waals surface area contributed by atoms with Crippen molar-refractivity contribution < 1.29 is 33.6 Å². The van der Waals surface area contributed by atoms with Gasteiger partial charge in [0.2, 0.25) is 29.6 Å². The van der Waals surface area contributed by atoms with Gasteiger partial charge in [-0.1, -0.05) is 74.0 Å². The van der Waals surface area contributed by atoms with Crippen LogP contribution >= 0.6 is 30.1 Å². The number of rotatable bonds is 22. The number of aliphatic hydroxyl groups excluding tert-OH is 1. The Labute approximate surface area is 500 Å². The van der Waals surface area contributed by atoms with E-state index in [-0.39, 0.29) is 43.7 Å². The van der Waals surface area contributed by atoms with Gasteiger partial charge in [0.25, 0.3) is 0 Å². The molecule has 9 rings (SSSR count). The fourth-order valence-electron chi connectivity index (χ4n) is 11.2. The van der Waals surface area contributed by atoms with Crippen LogP contribution in [0.4, 0.5) is 28.8 Å². The molecule has 24 heteroatoms. The van der Waals surface area contributed by atoms with Gasteiger partial charge in [0.15, 0.2) is 5.82 Å². The number of aliphatic hydroxyl groups is 1. The van der Waals surface area contributed by atoms with E-state index in [1.54, 1.807) is 36.5 Å². The number of hydrogen-bond donors (Lipinski definition) is 5. The van der Waals surface area contributed by atoms with E-state index in [9.17, 15) is 28.8 Å². The number of nitrogens with zero attached hydrogens (tertiary/aromatic N) is 10. The van der Waals surface area contributed by atoms with Crippen LogP contribution in [0.3, 0.4) is 0 Å². The van der Waals surface area contributed by atoms with Gasteiger partial charge in [-0.3, -0.25) is 28.8 Å².